The van der Waals surface area contributed by atoms with Gasteiger partial charge in [0.15, 0.2) is 0 Å². The molecule has 1 amide bonds. The van der Waals surface area contributed by atoms with E-state index in [0.29, 0.717) is 11.3 Å². The minimum absolute atomic E-state index is 0.391. The van der Waals surface area contributed by atoms with Gasteiger partial charge >= 0.3 is 0 Å². The van der Waals surface area contributed by atoms with Crippen LogP contribution in [0.2, 0.25) is 0 Å². The molecule has 4 nitrogen and oxygen atoms in total. The SMILES string of the molecule is COc1ccc2ccccc2c1-c1c(C(=O)N(O)C(c2ccccc2)c2ccccc2)ccc2ccccc12. The number of ether oxygens (including phenoxy) is 1. The van der Waals surface area contributed by atoms with E-state index in [0.717, 1.165) is 48.9 Å². The highest BCUT2D eigenvalue weighted by atomic mass is 16.5. The molecule has 190 valence electrons. The van der Waals surface area contributed by atoms with E-state index in [1.807, 2.05) is 127 Å². The van der Waals surface area contributed by atoms with Crippen LogP contribution in [0.5, 0.6) is 5.75 Å². The normalized spacial score (nSPS) is 11.2. The van der Waals surface area contributed by atoms with Gasteiger partial charge in [-0.1, -0.05) is 121 Å². The Morgan fingerprint density at radius 3 is 1.67 bits per heavy atom. The van der Waals surface area contributed by atoms with Crippen molar-refractivity contribution in [2.45, 2.75) is 6.04 Å². The number of carbonyl (C=O) groups excluding carboxylic acids is 1. The monoisotopic (exact) mass is 509 g/mol. The Labute approximate surface area is 227 Å². The van der Waals surface area contributed by atoms with Crippen LogP contribution >= 0.6 is 0 Å². The van der Waals surface area contributed by atoms with Crippen LogP contribution < -0.4 is 4.74 Å². The second kappa shape index (κ2) is 10.4. The number of rotatable bonds is 6. The number of hydroxylamine groups is 2. The lowest BCUT2D eigenvalue weighted by molar-refractivity contribution is -0.0797. The molecule has 0 heterocycles. The maximum absolute atomic E-state index is 14.3. The standard InChI is InChI=1S/C35H27NO3/c1-39-31-23-21-25-13-9-11-19-29(25)33(31)32-28-18-10-8-12-24(28)20-22-30(32)35(37)36(38)34(26-14-4-2-5-15-26)27-16-6-3-7-17-27/h2-23,34,38H,1H3. The zero-order valence-corrected chi connectivity index (χ0v) is 21.5. The van der Waals surface area contributed by atoms with Crippen molar-refractivity contribution in [3.05, 3.63) is 150 Å². The Balaban J connectivity index is 1.60. The minimum atomic E-state index is -0.686. The topological polar surface area (TPSA) is 49.8 Å². The number of methoxy groups -OCH3 is 1. The predicted molar refractivity (Wildman–Crippen MR) is 156 cm³/mol. The molecule has 0 aromatic heterocycles. The first kappa shape index (κ1) is 24.4. The fraction of sp³-hybridized carbons (Fsp3) is 0.0571. The van der Waals surface area contributed by atoms with Gasteiger partial charge in [-0.25, -0.2) is 5.06 Å². The highest BCUT2D eigenvalue weighted by Gasteiger charge is 2.30. The van der Waals surface area contributed by atoms with Gasteiger partial charge < -0.3 is 4.74 Å². The maximum Gasteiger partial charge on any atom is 0.278 e. The Bertz CT molecular complexity index is 1740. The van der Waals surface area contributed by atoms with Gasteiger partial charge in [-0.15, -0.1) is 0 Å². The van der Waals surface area contributed by atoms with Crippen molar-refractivity contribution >= 4 is 27.5 Å². The molecule has 0 aliphatic heterocycles. The molecule has 1 N–H and O–H groups in total. The van der Waals surface area contributed by atoms with Gasteiger partial charge in [0.25, 0.3) is 5.91 Å². The van der Waals surface area contributed by atoms with E-state index < -0.39 is 11.9 Å². The number of fused-ring (bicyclic) bond motifs is 2. The van der Waals surface area contributed by atoms with Crippen molar-refractivity contribution in [3.8, 4) is 16.9 Å². The lowest BCUT2D eigenvalue weighted by Crippen LogP contribution is -2.33. The third-order valence-electron chi connectivity index (χ3n) is 7.20. The molecule has 0 radical (unpaired) electrons. The lowest BCUT2D eigenvalue weighted by atomic mass is 9.88. The van der Waals surface area contributed by atoms with Crippen LogP contribution in [0, 0.1) is 0 Å². The molecular weight excluding hydrogens is 482 g/mol. The minimum Gasteiger partial charge on any atom is -0.496 e. The fourth-order valence-corrected chi connectivity index (χ4v) is 5.38. The molecule has 6 aromatic carbocycles. The largest absolute Gasteiger partial charge is 0.496 e. The van der Waals surface area contributed by atoms with E-state index >= 15 is 0 Å². The molecule has 0 saturated carbocycles. The highest BCUT2D eigenvalue weighted by molar-refractivity contribution is 6.15. The number of hydrogen-bond donors (Lipinski definition) is 1. The summed E-state index contributed by atoms with van der Waals surface area (Å²) in [6, 6.07) is 42.2. The predicted octanol–water partition coefficient (Wildman–Crippen LogP) is 8.29. The molecule has 4 heteroatoms. The summed E-state index contributed by atoms with van der Waals surface area (Å²) in [5, 5.41) is 16.4. The van der Waals surface area contributed by atoms with E-state index in [1.165, 1.54) is 0 Å². The highest BCUT2D eigenvalue weighted by Crippen LogP contribution is 2.43. The number of amides is 1. The second-order valence-corrected chi connectivity index (χ2v) is 9.45. The van der Waals surface area contributed by atoms with Crippen molar-refractivity contribution in [2.24, 2.45) is 0 Å². The summed E-state index contributed by atoms with van der Waals surface area (Å²) in [6.45, 7) is 0. The Hall–Kier alpha value is -4.93. The quantitative estimate of drug-likeness (QED) is 0.181. The molecule has 0 bridgehead atoms. The fourth-order valence-electron chi connectivity index (χ4n) is 5.38. The third-order valence-corrected chi connectivity index (χ3v) is 7.20. The van der Waals surface area contributed by atoms with Gasteiger partial charge in [-0.2, -0.15) is 0 Å². The Morgan fingerprint density at radius 1 is 0.615 bits per heavy atom. The third kappa shape index (κ3) is 4.41. The van der Waals surface area contributed by atoms with Gasteiger partial charge in [0.2, 0.25) is 0 Å². The summed E-state index contributed by atoms with van der Waals surface area (Å²) in [5.74, 6) is 0.162. The molecule has 6 rings (SSSR count). The van der Waals surface area contributed by atoms with Crippen molar-refractivity contribution < 1.29 is 14.7 Å². The van der Waals surface area contributed by atoms with Crippen molar-refractivity contribution in [3.63, 3.8) is 0 Å². The van der Waals surface area contributed by atoms with Gasteiger partial charge in [-0.3, -0.25) is 10.0 Å². The smallest absolute Gasteiger partial charge is 0.278 e. The number of nitrogens with zero attached hydrogens (tertiary/aromatic N) is 1. The van der Waals surface area contributed by atoms with Gasteiger partial charge in [0.05, 0.1) is 12.7 Å². The van der Waals surface area contributed by atoms with E-state index in [2.05, 4.69) is 0 Å². The Kier molecular flexibility index (Phi) is 6.54. The van der Waals surface area contributed by atoms with Crippen LogP contribution in [-0.2, 0) is 0 Å². The summed E-state index contributed by atoms with van der Waals surface area (Å²) in [7, 11) is 1.64. The van der Waals surface area contributed by atoms with Crippen LogP contribution in [-0.4, -0.2) is 23.3 Å². The number of benzene rings is 6. The Morgan fingerprint density at radius 2 is 1.10 bits per heavy atom. The van der Waals surface area contributed by atoms with Crippen LogP contribution in [0.15, 0.2) is 133 Å². The first-order valence-corrected chi connectivity index (χ1v) is 12.9. The van der Waals surface area contributed by atoms with E-state index in [1.54, 1.807) is 13.2 Å². The zero-order valence-electron chi connectivity index (χ0n) is 21.5. The zero-order chi connectivity index (χ0) is 26.8. The summed E-state index contributed by atoms with van der Waals surface area (Å²) in [6.07, 6.45) is 0. The summed E-state index contributed by atoms with van der Waals surface area (Å²) in [4.78, 5) is 14.3. The van der Waals surface area contributed by atoms with E-state index in [9.17, 15) is 10.0 Å². The van der Waals surface area contributed by atoms with Crippen LogP contribution in [0.25, 0.3) is 32.7 Å². The molecule has 0 atom stereocenters. The molecule has 0 aliphatic carbocycles. The maximum atomic E-state index is 14.3. The first-order chi connectivity index (χ1) is 19.2. The van der Waals surface area contributed by atoms with Crippen molar-refractivity contribution in [1.29, 1.82) is 0 Å². The van der Waals surface area contributed by atoms with Crippen molar-refractivity contribution in [2.75, 3.05) is 7.11 Å². The summed E-state index contributed by atoms with van der Waals surface area (Å²) in [5.41, 5.74) is 3.56. The van der Waals surface area contributed by atoms with Gasteiger partial charge in [0, 0.05) is 11.1 Å². The second-order valence-electron chi connectivity index (χ2n) is 9.45. The van der Waals surface area contributed by atoms with E-state index in [4.69, 9.17) is 4.74 Å². The summed E-state index contributed by atoms with van der Waals surface area (Å²) >= 11 is 0. The molecule has 0 fully saturated rings. The average Bonchev–Trinajstić information content (AvgIpc) is 3.00. The molecule has 0 saturated heterocycles. The summed E-state index contributed by atoms with van der Waals surface area (Å²) < 4.78 is 5.85. The number of carbonyl (C=O) groups is 1. The first-order valence-electron chi connectivity index (χ1n) is 12.9. The molecule has 6 aromatic rings. The average molecular weight is 510 g/mol. The van der Waals surface area contributed by atoms with Gasteiger partial charge in [0.1, 0.15) is 11.8 Å². The van der Waals surface area contributed by atoms with Crippen LogP contribution in [0.3, 0.4) is 0 Å². The lowest BCUT2D eigenvalue weighted by Gasteiger charge is -2.28. The van der Waals surface area contributed by atoms with Crippen molar-refractivity contribution in [1.82, 2.24) is 5.06 Å². The van der Waals surface area contributed by atoms with Crippen LogP contribution in [0.4, 0.5) is 0 Å². The molecular formula is C35H27NO3. The van der Waals surface area contributed by atoms with Crippen LogP contribution in [0.1, 0.15) is 27.5 Å². The number of hydrogen-bond acceptors (Lipinski definition) is 3. The molecule has 0 spiro atoms. The molecule has 39 heavy (non-hydrogen) atoms. The van der Waals surface area contributed by atoms with E-state index in [-0.39, 0.29) is 0 Å². The van der Waals surface area contributed by atoms with Gasteiger partial charge in [-0.05, 0) is 44.8 Å². The molecule has 0 aliphatic rings. The molecule has 0 unspecified atom stereocenters.